The van der Waals surface area contributed by atoms with Crippen molar-refractivity contribution in [3.8, 4) is 0 Å². The number of carboxylic acids is 1. The average Bonchev–Trinajstić information content (AvgIpc) is 3.53. The first-order valence-corrected chi connectivity index (χ1v) is 13.9. The number of hydrogen-bond donors (Lipinski definition) is 3. The van der Waals surface area contributed by atoms with Gasteiger partial charge in [0.05, 0.1) is 12.8 Å². The van der Waals surface area contributed by atoms with Crippen molar-refractivity contribution >= 4 is 63.3 Å². The van der Waals surface area contributed by atoms with E-state index in [1.807, 2.05) is 0 Å². The van der Waals surface area contributed by atoms with Crippen LogP contribution in [0.4, 0.5) is 5.13 Å². The highest BCUT2D eigenvalue weighted by molar-refractivity contribution is 8.00. The number of fused-ring (bicyclic) bond motifs is 2. The molecule has 0 bridgehead atoms. The summed E-state index contributed by atoms with van der Waals surface area (Å²) in [5.41, 5.74) is 6.81. The second kappa shape index (κ2) is 11.0. The van der Waals surface area contributed by atoms with Gasteiger partial charge in [-0.05, 0) is 13.0 Å². The van der Waals surface area contributed by atoms with Crippen molar-refractivity contribution in [3.63, 3.8) is 0 Å². The number of ether oxygens (including phenoxy) is 1. The number of nitrogens with zero attached hydrogens (tertiary/aromatic N) is 5. The molecule has 2 aliphatic heterocycles. The lowest BCUT2D eigenvalue weighted by Crippen LogP contribution is -2.71. The van der Waals surface area contributed by atoms with E-state index in [0.717, 1.165) is 16.2 Å². The summed E-state index contributed by atoms with van der Waals surface area (Å²) in [6.07, 6.45) is 3.38. The lowest BCUT2D eigenvalue weighted by molar-refractivity contribution is -0.510. The number of oxime groups is 1. The van der Waals surface area contributed by atoms with Crippen LogP contribution >= 0.6 is 23.1 Å². The third-order valence-electron chi connectivity index (χ3n) is 6.23. The zero-order valence-corrected chi connectivity index (χ0v) is 22.9. The first-order valence-electron chi connectivity index (χ1n) is 11.9. The van der Waals surface area contributed by atoms with Gasteiger partial charge in [0, 0.05) is 22.8 Å². The number of hydrogen-bond acceptors (Lipinski definition) is 11. The van der Waals surface area contributed by atoms with Gasteiger partial charge in [-0.25, -0.2) is 23.5 Å². The van der Waals surface area contributed by atoms with Gasteiger partial charge in [0.2, 0.25) is 0 Å². The van der Waals surface area contributed by atoms with Crippen molar-refractivity contribution in [2.45, 2.75) is 24.9 Å². The highest BCUT2D eigenvalue weighted by Crippen LogP contribution is 2.41. The smallest absolute Gasteiger partial charge is 0.382 e. The topological polar surface area (TPSA) is 183 Å². The number of thiazole rings is 1. The van der Waals surface area contributed by atoms with Gasteiger partial charge in [-0.3, -0.25) is 14.5 Å². The molecule has 0 saturated carbocycles. The maximum Gasteiger partial charge on any atom is 0.382 e. The molecule has 0 aliphatic carbocycles. The van der Waals surface area contributed by atoms with Crippen molar-refractivity contribution in [2.75, 3.05) is 25.2 Å². The number of thioether (sulfide) groups is 1. The Morgan fingerprint density at radius 1 is 1.35 bits per heavy atom. The van der Waals surface area contributed by atoms with Gasteiger partial charge in [0.15, 0.2) is 17.0 Å². The number of carbonyl (C=O) groups excluding carboxylic acids is 3. The number of anilines is 1. The highest BCUT2D eigenvalue weighted by atomic mass is 32.2. The summed E-state index contributed by atoms with van der Waals surface area (Å²) in [6, 6.07) is 4.39. The fraction of sp³-hybridized carbons (Fsp3) is 0.292. The van der Waals surface area contributed by atoms with Crippen LogP contribution in [0.3, 0.4) is 0 Å². The number of nitrogen functional groups attached to an aromatic ring is 1. The molecule has 0 spiro atoms. The van der Waals surface area contributed by atoms with Gasteiger partial charge in [-0.1, -0.05) is 11.2 Å². The fourth-order valence-corrected chi connectivity index (χ4v) is 6.42. The Morgan fingerprint density at radius 2 is 2.15 bits per heavy atom. The molecule has 5 heterocycles. The number of amides is 2. The molecular weight excluding hydrogens is 562 g/mol. The SMILES string of the molecule is CCOC(=O)c1c[n+]2ccccc2n1CC1=C(C(=O)O)N2C(=O)[C@@H](NC(=O)/C(=N\OC)c3csc(N)n3)[C@@H]2SC1. The Hall–Kier alpha value is -4.44. The summed E-state index contributed by atoms with van der Waals surface area (Å²) in [4.78, 5) is 61.3. The fourth-order valence-electron chi connectivity index (χ4n) is 4.54. The summed E-state index contributed by atoms with van der Waals surface area (Å²) >= 11 is 2.41. The summed E-state index contributed by atoms with van der Waals surface area (Å²) in [6.45, 7) is 1.91. The molecule has 2 amide bonds. The molecule has 5 rings (SSSR count). The lowest BCUT2D eigenvalue weighted by atomic mass is 10.0. The number of carbonyl (C=O) groups is 4. The number of esters is 1. The lowest BCUT2D eigenvalue weighted by Gasteiger charge is -2.49. The number of nitrogens with one attached hydrogen (secondary N) is 1. The van der Waals surface area contributed by atoms with Crippen molar-refractivity contribution in [2.24, 2.45) is 5.16 Å². The van der Waals surface area contributed by atoms with Crippen LogP contribution < -0.4 is 15.5 Å². The third kappa shape index (κ3) is 4.75. The molecule has 1 fully saturated rings. The van der Waals surface area contributed by atoms with Gasteiger partial charge in [0.25, 0.3) is 23.2 Å². The summed E-state index contributed by atoms with van der Waals surface area (Å²) in [7, 11) is 1.27. The van der Waals surface area contributed by atoms with Gasteiger partial charge in [-0.2, -0.15) is 0 Å². The zero-order valence-electron chi connectivity index (χ0n) is 21.3. The van der Waals surface area contributed by atoms with E-state index >= 15 is 0 Å². The number of carboxylic acid groups (broad SMARTS) is 1. The number of β-lactam (4-membered cyclic amide) rings is 1. The van der Waals surface area contributed by atoms with Crippen molar-refractivity contribution < 1.29 is 38.3 Å². The molecular formula is C24H24N7O7S2+. The average molecular weight is 587 g/mol. The third-order valence-corrected chi connectivity index (χ3v) is 8.24. The number of nitrogens with two attached hydrogens (primary N) is 1. The van der Waals surface area contributed by atoms with Crippen LogP contribution in [0.25, 0.3) is 5.65 Å². The normalized spacial score (nSPS) is 18.8. The summed E-state index contributed by atoms with van der Waals surface area (Å²) < 4.78 is 8.60. The molecule has 1 saturated heterocycles. The maximum atomic E-state index is 13.2. The van der Waals surface area contributed by atoms with Gasteiger partial charge in [0.1, 0.15) is 36.5 Å². The van der Waals surface area contributed by atoms with E-state index in [1.165, 1.54) is 24.3 Å². The minimum atomic E-state index is -1.29. The quantitative estimate of drug-likeness (QED) is 0.103. The molecule has 16 heteroatoms. The number of imidazole rings is 1. The van der Waals surface area contributed by atoms with Crippen molar-refractivity contribution in [1.82, 2.24) is 19.8 Å². The number of aromatic nitrogens is 3. The molecule has 0 unspecified atom stereocenters. The molecule has 40 heavy (non-hydrogen) atoms. The van der Waals surface area contributed by atoms with Gasteiger partial charge >= 0.3 is 11.9 Å². The highest BCUT2D eigenvalue weighted by Gasteiger charge is 2.54. The number of pyridine rings is 1. The Morgan fingerprint density at radius 3 is 2.83 bits per heavy atom. The molecule has 2 aliphatic rings. The van der Waals surface area contributed by atoms with Gasteiger partial charge in [-0.15, -0.1) is 23.1 Å². The zero-order chi connectivity index (χ0) is 28.6. The molecule has 0 radical (unpaired) electrons. The van der Waals surface area contributed by atoms with E-state index in [2.05, 4.69) is 15.5 Å². The predicted molar refractivity (Wildman–Crippen MR) is 143 cm³/mol. The second-order valence-electron chi connectivity index (χ2n) is 8.60. The molecule has 2 atom stereocenters. The van der Waals surface area contributed by atoms with Crippen LogP contribution in [0.2, 0.25) is 0 Å². The van der Waals surface area contributed by atoms with E-state index < -0.39 is 35.2 Å². The molecule has 4 N–H and O–H groups in total. The van der Waals surface area contributed by atoms with Crippen LogP contribution in [0.15, 0.2) is 52.4 Å². The van der Waals surface area contributed by atoms with Crippen molar-refractivity contribution in [3.05, 3.63) is 58.6 Å². The van der Waals surface area contributed by atoms with Crippen LogP contribution in [0.1, 0.15) is 23.1 Å². The molecule has 208 valence electrons. The van der Waals surface area contributed by atoms with E-state index in [0.29, 0.717) is 11.2 Å². The van der Waals surface area contributed by atoms with Crippen LogP contribution in [-0.2, 0) is 30.5 Å². The monoisotopic (exact) mass is 586 g/mol. The minimum absolute atomic E-state index is 0.0344. The summed E-state index contributed by atoms with van der Waals surface area (Å²) in [5, 5.41) is 17.6. The minimum Gasteiger partial charge on any atom is -0.477 e. The van der Waals surface area contributed by atoms with Crippen molar-refractivity contribution in [1.29, 1.82) is 0 Å². The molecule has 0 aromatic carbocycles. The van der Waals surface area contributed by atoms with E-state index in [-0.39, 0.29) is 46.8 Å². The molecule has 14 nitrogen and oxygen atoms in total. The first-order chi connectivity index (χ1) is 19.2. The Balaban J connectivity index is 1.42. The van der Waals surface area contributed by atoms with Gasteiger partial charge < -0.3 is 25.7 Å². The molecule has 3 aromatic heterocycles. The van der Waals surface area contributed by atoms with E-state index in [1.54, 1.807) is 46.5 Å². The molecule has 3 aromatic rings. The second-order valence-corrected chi connectivity index (χ2v) is 10.6. The van der Waals surface area contributed by atoms with Crippen LogP contribution in [-0.4, -0.2) is 79.9 Å². The van der Waals surface area contributed by atoms with Crippen LogP contribution in [0.5, 0.6) is 0 Å². The first kappa shape index (κ1) is 27.1. The predicted octanol–water partition coefficient (Wildman–Crippen LogP) is 0.232. The summed E-state index contributed by atoms with van der Waals surface area (Å²) in [5.74, 6) is -2.91. The van der Waals surface area contributed by atoms with E-state index in [9.17, 15) is 24.3 Å². The van der Waals surface area contributed by atoms with Crippen LogP contribution in [0, 0.1) is 0 Å². The Kier molecular flexibility index (Phi) is 7.44. The Bertz CT molecular complexity index is 1590. The largest absolute Gasteiger partial charge is 0.477 e. The Labute approximate surface area is 235 Å². The maximum absolute atomic E-state index is 13.2. The standard InChI is InChI=1S/C24H23N7O7S2/c1-3-38-23(36)14-9-29-7-5-4-6-15(29)30(14)8-12-10-39-21-17(20(33)31(21)18(12)22(34)35)27-19(32)16(28-37-2)13-11-40-24(25)26-13/h4-7,9,11,17,21H,3,8,10H2,1-2H3,(H3-,25,26,27,32,34,35)/p+1/b28-16-/t17-,21+/m1/s1. The van der Waals surface area contributed by atoms with E-state index in [4.69, 9.17) is 15.3 Å². The number of aliphatic carboxylic acids is 1. The number of rotatable bonds is 9.